The van der Waals surface area contributed by atoms with E-state index in [2.05, 4.69) is 14.8 Å². The maximum Gasteiger partial charge on any atom is 0.336 e. The van der Waals surface area contributed by atoms with Crippen LogP contribution < -0.4 is 4.74 Å². The molecule has 0 bridgehead atoms. The van der Waals surface area contributed by atoms with E-state index in [0.29, 0.717) is 34.8 Å². The summed E-state index contributed by atoms with van der Waals surface area (Å²) in [5.41, 5.74) is 2.50. The molecule has 6 heteroatoms. The SMILES string of the molecule is [C-]#[N+]C1C(C)=NC(CCC)=C(C(=O)OC)C1c1cccnc1OC. The first kappa shape index (κ1) is 17.7. The Morgan fingerprint density at radius 2 is 2.17 bits per heavy atom. The van der Waals surface area contributed by atoms with E-state index in [1.807, 2.05) is 19.9 Å². The van der Waals surface area contributed by atoms with E-state index in [1.165, 1.54) is 14.2 Å². The highest BCUT2D eigenvalue weighted by molar-refractivity contribution is 6.00. The number of carbonyl (C=O) groups is 1. The molecule has 0 radical (unpaired) electrons. The van der Waals surface area contributed by atoms with Crippen LogP contribution >= 0.6 is 0 Å². The first-order chi connectivity index (χ1) is 11.6. The van der Waals surface area contributed by atoms with Crippen LogP contribution in [0.2, 0.25) is 0 Å². The number of nitrogens with zero attached hydrogens (tertiary/aromatic N) is 3. The van der Waals surface area contributed by atoms with E-state index in [-0.39, 0.29) is 0 Å². The first-order valence-electron chi connectivity index (χ1n) is 7.81. The Kier molecular flexibility index (Phi) is 5.69. The number of aromatic nitrogens is 1. The average Bonchev–Trinajstić information content (AvgIpc) is 2.60. The van der Waals surface area contributed by atoms with Gasteiger partial charge >= 0.3 is 5.97 Å². The molecular formula is C18H21N3O3. The highest BCUT2D eigenvalue weighted by Crippen LogP contribution is 2.41. The average molecular weight is 327 g/mol. The highest BCUT2D eigenvalue weighted by atomic mass is 16.5. The number of hydrogen-bond acceptors (Lipinski definition) is 5. The van der Waals surface area contributed by atoms with Gasteiger partial charge in [-0.25, -0.2) is 16.4 Å². The zero-order chi connectivity index (χ0) is 17.7. The molecule has 24 heavy (non-hydrogen) atoms. The Labute approximate surface area is 142 Å². The lowest BCUT2D eigenvalue weighted by Crippen LogP contribution is -2.33. The summed E-state index contributed by atoms with van der Waals surface area (Å²) in [5.74, 6) is -0.556. The van der Waals surface area contributed by atoms with Gasteiger partial charge in [-0.05, 0) is 19.4 Å². The molecule has 0 amide bonds. The van der Waals surface area contributed by atoms with Crippen molar-refractivity contribution >= 4 is 11.7 Å². The van der Waals surface area contributed by atoms with Crippen LogP contribution in [0, 0.1) is 6.57 Å². The number of pyridine rings is 1. The monoisotopic (exact) mass is 327 g/mol. The molecule has 0 aliphatic carbocycles. The number of rotatable bonds is 5. The van der Waals surface area contributed by atoms with Crippen LogP contribution in [-0.2, 0) is 9.53 Å². The second-order valence-electron chi connectivity index (χ2n) is 5.51. The van der Waals surface area contributed by atoms with Crippen LogP contribution in [0.3, 0.4) is 0 Å². The maximum atomic E-state index is 12.5. The molecule has 1 aliphatic rings. The van der Waals surface area contributed by atoms with Crippen molar-refractivity contribution in [2.45, 2.75) is 38.6 Å². The molecule has 1 aliphatic heterocycles. The van der Waals surface area contributed by atoms with Crippen LogP contribution in [0.1, 0.15) is 38.2 Å². The molecule has 2 rings (SSSR count). The summed E-state index contributed by atoms with van der Waals surface area (Å²) in [6, 6.07) is 3.02. The topological polar surface area (TPSA) is 65.1 Å². The minimum absolute atomic E-state index is 0.406. The van der Waals surface area contributed by atoms with Gasteiger partial charge in [0, 0.05) is 11.8 Å². The molecule has 0 saturated heterocycles. The fraction of sp³-hybridized carbons (Fsp3) is 0.444. The number of esters is 1. The Morgan fingerprint density at radius 1 is 1.42 bits per heavy atom. The fourth-order valence-electron chi connectivity index (χ4n) is 3.00. The van der Waals surface area contributed by atoms with Crippen molar-refractivity contribution in [3.05, 3.63) is 46.6 Å². The molecule has 0 spiro atoms. The summed E-state index contributed by atoms with van der Waals surface area (Å²) in [7, 11) is 2.87. The van der Waals surface area contributed by atoms with Crippen LogP contribution in [-0.4, -0.2) is 36.9 Å². The van der Waals surface area contributed by atoms with E-state index in [0.717, 1.165) is 6.42 Å². The molecule has 0 saturated carbocycles. The zero-order valence-corrected chi connectivity index (χ0v) is 14.4. The Bertz CT molecular complexity index is 731. The van der Waals surface area contributed by atoms with Gasteiger partial charge < -0.3 is 14.3 Å². The molecule has 0 aromatic carbocycles. The molecule has 2 unspecified atom stereocenters. The van der Waals surface area contributed by atoms with Crippen molar-refractivity contribution in [1.29, 1.82) is 0 Å². The summed E-state index contributed by atoms with van der Waals surface area (Å²) in [6.45, 7) is 11.4. The van der Waals surface area contributed by atoms with Crippen molar-refractivity contribution in [2.24, 2.45) is 4.99 Å². The van der Waals surface area contributed by atoms with E-state index >= 15 is 0 Å². The molecule has 1 aromatic heterocycles. The van der Waals surface area contributed by atoms with Gasteiger partial charge in [0.1, 0.15) is 5.92 Å². The van der Waals surface area contributed by atoms with Crippen molar-refractivity contribution in [3.8, 4) is 5.88 Å². The lowest BCUT2D eigenvalue weighted by Gasteiger charge is -2.27. The minimum Gasteiger partial charge on any atom is -0.481 e. The van der Waals surface area contributed by atoms with Gasteiger partial charge in [-0.2, -0.15) is 0 Å². The summed E-state index contributed by atoms with van der Waals surface area (Å²) in [4.78, 5) is 25.0. The Morgan fingerprint density at radius 3 is 2.75 bits per heavy atom. The number of aliphatic imine (C=N–C) groups is 1. The predicted octanol–water partition coefficient (Wildman–Crippen LogP) is 3.16. The van der Waals surface area contributed by atoms with Crippen LogP contribution in [0.25, 0.3) is 4.85 Å². The predicted molar refractivity (Wildman–Crippen MR) is 91.0 cm³/mol. The molecule has 6 nitrogen and oxygen atoms in total. The van der Waals surface area contributed by atoms with Gasteiger partial charge in [-0.3, -0.25) is 4.99 Å². The number of methoxy groups -OCH3 is 2. The van der Waals surface area contributed by atoms with Crippen molar-refractivity contribution in [2.75, 3.05) is 14.2 Å². The smallest absolute Gasteiger partial charge is 0.336 e. The standard InChI is InChI=1S/C18H21N3O3/c1-6-8-13-15(18(22)24-5)14(16(19-3)11(2)21-13)12-9-7-10-20-17(12)23-4/h7,9-10,14,16H,6,8H2,1-2,4-5H3. The summed E-state index contributed by atoms with van der Waals surface area (Å²) < 4.78 is 10.3. The van der Waals surface area contributed by atoms with E-state index in [9.17, 15) is 4.79 Å². The van der Waals surface area contributed by atoms with Crippen molar-refractivity contribution < 1.29 is 14.3 Å². The molecule has 0 N–H and O–H groups in total. The third-order valence-electron chi connectivity index (χ3n) is 4.04. The number of carbonyl (C=O) groups excluding carboxylic acids is 1. The summed E-state index contributed by atoms with van der Waals surface area (Å²) in [6.07, 6.45) is 3.10. The second kappa shape index (κ2) is 7.73. The molecule has 1 aromatic rings. The number of hydrogen-bond donors (Lipinski definition) is 0. The van der Waals surface area contributed by atoms with E-state index in [1.54, 1.807) is 12.3 Å². The largest absolute Gasteiger partial charge is 0.481 e. The Balaban J connectivity index is 2.73. The minimum atomic E-state index is -0.585. The lowest BCUT2D eigenvalue weighted by atomic mass is 9.80. The Hall–Kier alpha value is -2.68. The highest BCUT2D eigenvalue weighted by Gasteiger charge is 2.43. The quantitative estimate of drug-likeness (QED) is 0.615. The molecule has 2 heterocycles. The van der Waals surface area contributed by atoms with Crippen LogP contribution in [0.5, 0.6) is 5.88 Å². The van der Waals surface area contributed by atoms with Gasteiger partial charge in [0.2, 0.25) is 5.88 Å². The normalized spacial score (nSPS) is 20.2. The summed E-state index contributed by atoms with van der Waals surface area (Å²) in [5, 5.41) is 0. The van der Waals surface area contributed by atoms with Gasteiger partial charge in [0.05, 0.1) is 31.2 Å². The molecular weight excluding hydrogens is 306 g/mol. The van der Waals surface area contributed by atoms with Crippen molar-refractivity contribution in [1.82, 2.24) is 4.98 Å². The zero-order valence-electron chi connectivity index (χ0n) is 14.4. The van der Waals surface area contributed by atoms with Gasteiger partial charge in [0.15, 0.2) is 0 Å². The van der Waals surface area contributed by atoms with Gasteiger partial charge in [-0.15, -0.1) is 0 Å². The second-order valence-corrected chi connectivity index (χ2v) is 5.51. The van der Waals surface area contributed by atoms with Crippen LogP contribution in [0.4, 0.5) is 0 Å². The third kappa shape index (κ3) is 3.16. The van der Waals surface area contributed by atoms with E-state index < -0.39 is 17.9 Å². The third-order valence-corrected chi connectivity index (χ3v) is 4.04. The lowest BCUT2D eigenvalue weighted by molar-refractivity contribution is -0.136. The molecule has 126 valence electrons. The van der Waals surface area contributed by atoms with Gasteiger partial charge in [-0.1, -0.05) is 19.4 Å². The molecule has 2 atom stereocenters. The van der Waals surface area contributed by atoms with Crippen LogP contribution in [0.15, 0.2) is 34.6 Å². The molecule has 0 fully saturated rings. The summed E-state index contributed by atoms with van der Waals surface area (Å²) >= 11 is 0. The maximum absolute atomic E-state index is 12.5. The number of allylic oxidation sites excluding steroid dienone is 1. The van der Waals surface area contributed by atoms with E-state index in [4.69, 9.17) is 16.0 Å². The van der Waals surface area contributed by atoms with Gasteiger partial charge in [0.25, 0.3) is 6.04 Å². The number of ether oxygens (including phenoxy) is 2. The fourth-order valence-corrected chi connectivity index (χ4v) is 3.00. The van der Waals surface area contributed by atoms with Crippen molar-refractivity contribution in [3.63, 3.8) is 0 Å². The first-order valence-corrected chi connectivity index (χ1v) is 7.81.